The average molecular weight is 1520 g/mol. The van der Waals surface area contributed by atoms with Gasteiger partial charge < -0.3 is 15.1 Å². The Morgan fingerprint density at radius 3 is 0.925 bits per heavy atom. The quantitative estimate of drug-likeness (QED) is 0.153. The number of halogens is 5. The van der Waals surface area contributed by atoms with Gasteiger partial charge in [-0.15, -0.1) is 0 Å². The molecule has 518 valence electrons. The van der Waals surface area contributed by atoms with E-state index < -0.39 is 0 Å². The average Bonchev–Trinajstić information content (AvgIpc) is 1.63. The molecule has 0 radical (unpaired) electrons. The van der Waals surface area contributed by atoms with E-state index >= 15 is 8.78 Å². The van der Waals surface area contributed by atoms with E-state index in [0.717, 1.165) is 92.0 Å². The summed E-state index contributed by atoms with van der Waals surface area (Å²) in [4.78, 5) is 4.27. The second-order valence-corrected chi connectivity index (χ2v) is 31.4. The van der Waals surface area contributed by atoms with Gasteiger partial charge in [-0.3, -0.25) is 0 Å². The number of para-hydroxylation sites is 3. The van der Waals surface area contributed by atoms with Gasteiger partial charge in [-0.25, -0.2) is 13.2 Å². The molecule has 0 heterocycles. The number of anilines is 8. The molecule has 17 aromatic carbocycles. The summed E-state index contributed by atoms with van der Waals surface area (Å²) >= 11 is 7.42. The minimum atomic E-state index is -0.310. The molecule has 0 unspecified atom stereocenters. The third-order valence-electron chi connectivity index (χ3n) is 22.7. The van der Waals surface area contributed by atoms with E-state index in [1.54, 1.807) is 36.4 Å². The van der Waals surface area contributed by atoms with E-state index in [4.69, 9.17) is 0 Å². The molecule has 3 aliphatic rings. The number of hydrogen-bond donors (Lipinski definition) is 1. The van der Waals surface area contributed by atoms with Gasteiger partial charge in [0.25, 0.3) is 0 Å². The molecule has 0 spiro atoms. The van der Waals surface area contributed by atoms with Gasteiger partial charge in [0, 0.05) is 58.3 Å². The summed E-state index contributed by atoms with van der Waals surface area (Å²) in [7, 11) is 0. The standard InChI is InChI=1S/C60H44F2N2.C21H18FN.C18H10Br2/c1-59(2)45-25-11-9-23-41(45)57-47(59)27-17-33-53(57)63(51-31-15-13-29-49(51)61)55-35-43-38-20-6-8-22-40(38)56(36-44(43)37-19-5-7-21-39(37)55)64(52-32-16-14-30-50(52)62)54-34-18-28-48-58(54)42-24-10-12-26-46(42)60(48,3)4;1-21(2)15-9-4-3-8-14(15)20-16(21)10-7-13-19(20)23-18-12-6-5-11-17(18)22;19-17-10-16-12-6-2-4-8-14(12)18(20)9-15(16)11-5-1-3-7-13(11)17/h5-36H,1-4H3;3-13,23H,1-2H3;1-10H. The Morgan fingerprint density at radius 1 is 0.234 bits per heavy atom. The first kappa shape index (κ1) is 67.3. The highest BCUT2D eigenvalue weighted by Crippen LogP contribution is 2.59. The van der Waals surface area contributed by atoms with Crippen LogP contribution in [0.1, 0.15) is 74.9 Å². The molecule has 0 atom stereocenters. The summed E-state index contributed by atoms with van der Waals surface area (Å²) in [6.45, 7) is 13.6. The Balaban J connectivity index is 0.000000151. The molecule has 0 saturated heterocycles. The van der Waals surface area contributed by atoms with E-state index in [9.17, 15) is 4.39 Å². The SMILES string of the molecule is Brc1cc2c3ccccc3c(Br)cc2c2ccccc12.CC1(C)c2ccccc2-c2c(N(c3ccccc3F)c3cc4c5ccccc5c(N(c5ccccc5F)c5cccc6c5-c5ccccc5C6(C)C)cc4c4ccccc34)cccc21.CC1(C)c2ccccc2-c2c(Nc3ccccc3F)cccc21. The molecule has 20 rings (SSSR count). The lowest BCUT2D eigenvalue weighted by molar-refractivity contribution is 0.628. The van der Waals surface area contributed by atoms with Crippen LogP contribution in [0.3, 0.4) is 0 Å². The maximum atomic E-state index is 16.6. The Kier molecular flexibility index (Phi) is 16.5. The smallest absolute Gasteiger partial charge is 0.147 e. The van der Waals surface area contributed by atoms with Gasteiger partial charge in [0.15, 0.2) is 0 Å². The van der Waals surface area contributed by atoms with Crippen LogP contribution in [-0.2, 0) is 16.2 Å². The van der Waals surface area contributed by atoms with Gasteiger partial charge in [-0.05, 0) is 183 Å². The van der Waals surface area contributed by atoms with E-state index in [0.29, 0.717) is 17.1 Å². The van der Waals surface area contributed by atoms with Crippen LogP contribution in [0.25, 0.3) is 98.0 Å². The van der Waals surface area contributed by atoms with Crippen LogP contribution < -0.4 is 15.1 Å². The van der Waals surface area contributed by atoms with E-state index in [1.165, 1.54) is 82.9 Å². The third kappa shape index (κ3) is 10.9. The number of nitrogens with zero attached hydrogens (tertiary/aromatic N) is 2. The van der Waals surface area contributed by atoms with Crippen LogP contribution >= 0.6 is 31.9 Å². The molecule has 3 aliphatic carbocycles. The Labute approximate surface area is 638 Å². The molecule has 0 aromatic heterocycles. The van der Waals surface area contributed by atoms with Crippen molar-refractivity contribution in [2.24, 2.45) is 0 Å². The van der Waals surface area contributed by atoms with Crippen molar-refractivity contribution in [2.45, 2.75) is 57.8 Å². The van der Waals surface area contributed by atoms with Crippen LogP contribution in [0.15, 0.2) is 330 Å². The molecule has 107 heavy (non-hydrogen) atoms. The first-order chi connectivity index (χ1) is 52.0. The summed E-state index contributed by atoms with van der Waals surface area (Å²) in [6, 6.07) is 109. The van der Waals surface area contributed by atoms with Gasteiger partial charge in [0.2, 0.25) is 0 Å². The van der Waals surface area contributed by atoms with Crippen LogP contribution in [0.5, 0.6) is 0 Å². The summed E-state index contributed by atoms with van der Waals surface area (Å²) < 4.78 is 49.6. The summed E-state index contributed by atoms with van der Waals surface area (Å²) in [5, 5.41) is 16.9. The molecule has 8 heteroatoms. The zero-order valence-electron chi connectivity index (χ0n) is 59.9. The molecule has 1 N–H and O–H groups in total. The van der Waals surface area contributed by atoms with Gasteiger partial charge in [-0.1, -0.05) is 316 Å². The highest BCUT2D eigenvalue weighted by molar-refractivity contribution is 9.11. The summed E-state index contributed by atoms with van der Waals surface area (Å²) in [6.07, 6.45) is 0. The zero-order valence-corrected chi connectivity index (χ0v) is 63.1. The minimum Gasteiger partial charge on any atom is -0.353 e. The van der Waals surface area contributed by atoms with Crippen LogP contribution in [0.2, 0.25) is 0 Å². The zero-order chi connectivity index (χ0) is 73.2. The van der Waals surface area contributed by atoms with Crippen molar-refractivity contribution in [1.82, 2.24) is 0 Å². The van der Waals surface area contributed by atoms with Crippen molar-refractivity contribution in [3.05, 3.63) is 381 Å². The molecule has 0 amide bonds. The van der Waals surface area contributed by atoms with E-state index in [2.05, 4.69) is 325 Å². The number of rotatable bonds is 8. The fourth-order valence-corrected chi connectivity index (χ4v) is 18.7. The maximum absolute atomic E-state index is 16.6. The van der Waals surface area contributed by atoms with Crippen molar-refractivity contribution in [3.8, 4) is 33.4 Å². The Morgan fingerprint density at radius 2 is 0.514 bits per heavy atom. The molecule has 0 saturated carbocycles. The highest BCUT2D eigenvalue weighted by atomic mass is 79.9. The summed E-state index contributed by atoms with van der Waals surface area (Å²) in [5.41, 5.74) is 19.9. The molecular weight excluding hydrogens is 1450 g/mol. The predicted octanol–water partition coefficient (Wildman–Crippen LogP) is 29.5. The van der Waals surface area contributed by atoms with Gasteiger partial charge in [-0.2, -0.15) is 0 Å². The minimum absolute atomic E-state index is 0.0428. The first-order valence-corrected chi connectivity index (χ1v) is 37.9. The van der Waals surface area contributed by atoms with E-state index in [1.807, 2.05) is 42.5 Å². The van der Waals surface area contributed by atoms with Crippen molar-refractivity contribution >= 4 is 142 Å². The lowest BCUT2D eigenvalue weighted by Crippen LogP contribution is -2.17. The van der Waals surface area contributed by atoms with Crippen molar-refractivity contribution in [3.63, 3.8) is 0 Å². The monoisotopic (exact) mass is 1520 g/mol. The highest BCUT2D eigenvalue weighted by Gasteiger charge is 2.41. The number of benzene rings is 17. The Bertz CT molecular complexity index is 6200. The number of hydrogen-bond acceptors (Lipinski definition) is 3. The van der Waals surface area contributed by atoms with Gasteiger partial charge in [0.1, 0.15) is 17.5 Å². The Hall–Kier alpha value is -11.6. The van der Waals surface area contributed by atoms with Crippen molar-refractivity contribution in [2.75, 3.05) is 15.1 Å². The maximum Gasteiger partial charge on any atom is 0.147 e. The second kappa shape index (κ2) is 26.2. The normalized spacial score (nSPS) is 13.6. The topological polar surface area (TPSA) is 18.5 Å². The summed E-state index contributed by atoms with van der Waals surface area (Å²) in [5.74, 6) is -0.859. The van der Waals surface area contributed by atoms with Gasteiger partial charge in [0.05, 0.1) is 39.8 Å². The van der Waals surface area contributed by atoms with E-state index in [-0.39, 0.29) is 33.7 Å². The van der Waals surface area contributed by atoms with Gasteiger partial charge >= 0.3 is 0 Å². The van der Waals surface area contributed by atoms with Crippen molar-refractivity contribution in [1.29, 1.82) is 0 Å². The second-order valence-electron chi connectivity index (χ2n) is 29.7. The lowest BCUT2D eigenvalue weighted by Gasteiger charge is -2.32. The molecule has 0 aliphatic heterocycles. The molecule has 3 nitrogen and oxygen atoms in total. The lowest BCUT2D eigenvalue weighted by atomic mass is 9.82. The molecule has 0 fully saturated rings. The molecular formula is C99H72Br2F3N3. The van der Waals surface area contributed by atoms with Crippen LogP contribution in [-0.4, -0.2) is 0 Å². The third-order valence-corrected chi connectivity index (χ3v) is 24.0. The van der Waals surface area contributed by atoms with Crippen molar-refractivity contribution < 1.29 is 13.2 Å². The molecule has 0 bridgehead atoms. The largest absolute Gasteiger partial charge is 0.353 e. The number of nitrogens with one attached hydrogen (secondary N) is 1. The first-order valence-electron chi connectivity index (χ1n) is 36.4. The fourth-order valence-electron chi connectivity index (χ4n) is 17.6. The number of fused-ring (bicyclic) bond motifs is 19. The van der Waals surface area contributed by atoms with Crippen LogP contribution in [0, 0.1) is 17.5 Å². The fraction of sp³-hybridized carbons (Fsp3) is 0.0909. The van der Waals surface area contributed by atoms with Crippen LogP contribution in [0.4, 0.5) is 58.7 Å². The molecule has 17 aromatic rings. The predicted molar refractivity (Wildman–Crippen MR) is 451 cm³/mol.